The van der Waals surface area contributed by atoms with Gasteiger partial charge in [-0.3, -0.25) is 4.79 Å². The average molecular weight is 322 g/mol. The van der Waals surface area contributed by atoms with Gasteiger partial charge < -0.3 is 4.90 Å². The van der Waals surface area contributed by atoms with Crippen LogP contribution >= 0.6 is 22.9 Å². The molecule has 0 radical (unpaired) electrons. The minimum atomic E-state index is -0.445. The van der Waals surface area contributed by atoms with E-state index in [0.29, 0.717) is 11.4 Å². The molecule has 0 bridgehead atoms. The highest BCUT2D eigenvalue weighted by Gasteiger charge is 2.23. The average Bonchev–Trinajstić information content (AvgIpc) is 2.82. The third-order valence-electron chi connectivity index (χ3n) is 3.55. The predicted molar refractivity (Wildman–Crippen MR) is 86.0 cm³/mol. The van der Waals surface area contributed by atoms with Gasteiger partial charge in [0.15, 0.2) is 0 Å². The molecule has 0 saturated heterocycles. The number of anilines is 1. The minimum Gasteiger partial charge on any atom is -0.367 e. The second-order valence-electron chi connectivity index (χ2n) is 4.88. The first-order valence-electron chi connectivity index (χ1n) is 6.58. The minimum absolute atomic E-state index is 0.267. The third kappa shape index (κ3) is 2.61. The molecule has 0 fully saturated rings. The molecule has 5 heteroatoms. The van der Waals surface area contributed by atoms with Crippen molar-refractivity contribution in [1.82, 2.24) is 0 Å². The van der Waals surface area contributed by atoms with Gasteiger partial charge in [-0.2, -0.15) is 0 Å². The Morgan fingerprint density at radius 2 is 2.29 bits per heavy atom. The number of thiophene rings is 1. The van der Waals surface area contributed by atoms with Crippen LogP contribution in [0.1, 0.15) is 15.2 Å². The van der Waals surface area contributed by atoms with Crippen LogP contribution in [0.15, 0.2) is 36.9 Å². The van der Waals surface area contributed by atoms with Gasteiger partial charge in [-0.15, -0.1) is 17.9 Å². The summed E-state index contributed by atoms with van der Waals surface area (Å²) < 4.78 is 13.6. The molecular formula is C16H13ClFNOS. The fourth-order valence-electron chi connectivity index (χ4n) is 2.62. The lowest BCUT2D eigenvalue weighted by Crippen LogP contribution is -2.25. The van der Waals surface area contributed by atoms with E-state index in [2.05, 4.69) is 11.5 Å². The Morgan fingerprint density at radius 3 is 3.00 bits per heavy atom. The van der Waals surface area contributed by atoms with Crippen LogP contribution in [0.2, 0.25) is 0 Å². The van der Waals surface area contributed by atoms with Crippen molar-refractivity contribution >= 4 is 33.9 Å². The number of carbonyl (C=O) groups is 1. The molecule has 0 amide bonds. The van der Waals surface area contributed by atoms with Crippen LogP contribution in [0.3, 0.4) is 0 Å². The quantitative estimate of drug-likeness (QED) is 0.613. The van der Waals surface area contributed by atoms with Gasteiger partial charge in [0.05, 0.1) is 4.88 Å². The van der Waals surface area contributed by atoms with Gasteiger partial charge in [0.1, 0.15) is 5.82 Å². The smallest absolute Gasteiger partial charge is 0.262 e. The molecule has 0 atom stereocenters. The summed E-state index contributed by atoms with van der Waals surface area (Å²) >= 11 is 6.95. The molecule has 1 aromatic heterocycles. The second-order valence-corrected chi connectivity index (χ2v) is 6.28. The van der Waals surface area contributed by atoms with Gasteiger partial charge in [0.25, 0.3) is 5.24 Å². The number of fused-ring (bicyclic) bond motifs is 3. The molecule has 0 aliphatic carbocycles. The van der Waals surface area contributed by atoms with E-state index in [4.69, 9.17) is 11.6 Å². The molecule has 1 aromatic carbocycles. The largest absolute Gasteiger partial charge is 0.367 e. The van der Waals surface area contributed by atoms with Crippen molar-refractivity contribution in [1.29, 1.82) is 0 Å². The van der Waals surface area contributed by atoms with Crippen LogP contribution in [0.25, 0.3) is 10.4 Å². The normalized spacial score (nSPS) is 13.3. The van der Waals surface area contributed by atoms with Crippen molar-refractivity contribution < 1.29 is 9.18 Å². The van der Waals surface area contributed by atoms with E-state index >= 15 is 0 Å². The molecule has 21 heavy (non-hydrogen) atoms. The number of benzene rings is 1. The highest BCUT2D eigenvalue weighted by molar-refractivity contribution is 7.19. The number of nitrogens with zero attached hydrogens (tertiary/aromatic N) is 1. The van der Waals surface area contributed by atoms with Crippen molar-refractivity contribution in [2.75, 3.05) is 18.0 Å². The molecular weight excluding hydrogens is 309 g/mol. The Kier molecular flexibility index (Phi) is 3.83. The summed E-state index contributed by atoms with van der Waals surface area (Å²) in [5.41, 5.74) is 2.87. The number of carbonyl (C=O) groups excluding carboxylic acids is 1. The lowest BCUT2D eigenvalue weighted by atomic mass is 10.1. The molecule has 3 rings (SSSR count). The molecule has 2 nitrogen and oxygen atoms in total. The van der Waals surface area contributed by atoms with E-state index in [-0.39, 0.29) is 5.82 Å². The summed E-state index contributed by atoms with van der Waals surface area (Å²) in [7, 11) is 0. The van der Waals surface area contributed by atoms with Crippen LogP contribution in [-0.4, -0.2) is 18.3 Å². The molecule has 1 aliphatic heterocycles. The fraction of sp³-hybridized carbons (Fsp3) is 0.188. The second kappa shape index (κ2) is 5.62. The van der Waals surface area contributed by atoms with Crippen molar-refractivity contribution in [2.24, 2.45) is 0 Å². The SMILES string of the molecule is C=CCN1CCc2cc(C(=O)Cl)sc2-c2ccc(F)cc21. The van der Waals surface area contributed by atoms with Gasteiger partial charge in [-0.05, 0) is 47.9 Å². The van der Waals surface area contributed by atoms with Crippen molar-refractivity contribution in [3.63, 3.8) is 0 Å². The van der Waals surface area contributed by atoms with Crippen LogP contribution < -0.4 is 4.90 Å². The highest BCUT2D eigenvalue weighted by Crippen LogP contribution is 2.42. The first-order chi connectivity index (χ1) is 10.1. The van der Waals surface area contributed by atoms with Gasteiger partial charge in [-0.25, -0.2) is 4.39 Å². The molecule has 0 unspecified atom stereocenters. The Bertz CT molecular complexity index is 725. The fourth-order valence-corrected chi connectivity index (χ4v) is 3.87. The van der Waals surface area contributed by atoms with E-state index in [1.54, 1.807) is 6.07 Å². The molecule has 2 heterocycles. The van der Waals surface area contributed by atoms with E-state index in [1.165, 1.54) is 23.5 Å². The Labute approximate surface area is 131 Å². The van der Waals surface area contributed by atoms with Crippen molar-refractivity contribution in [3.05, 3.63) is 53.2 Å². The summed E-state index contributed by atoms with van der Waals surface area (Å²) in [6.45, 7) is 5.17. The summed E-state index contributed by atoms with van der Waals surface area (Å²) in [5, 5.41) is -0.445. The van der Waals surface area contributed by atoms with Crippen LogP contribution in [0.4, 0.5) is 10.1 Å². The molecule has 0 N–H and O–H groups in total. The molecule has 2 aromatic rings. The maximum atomic E-state index is 13.6. The van der Waals surface area contributed by atoms with Crippen LogP contribution in [-0.2, 0) is 6.42 Å². The first-order valence-corrected chi connectivity index (χ1v) is 7.78. The Hall–Kier alpha value is -1.65. The van der Waals surface area contributed by atoms with Gasteiger partial charge >= 0.3 is 0 Å². The van der Waals surface area contributed by atoms with Gasteiger partial charge in [-0.1, -0.05) is 6.08 Å². The summed E-state index contributed by atoms with van der Waals surface area (Å²) in [5.74, 6) is -0.267. The number of hydrogen-bond acceptors (Lipinski definition) is 3. The predicted octanol–water partition coefficient (Wildman–Crippen LogP) is 4.48. The topological polar surface area (TPSA) is 20.3 Å². The van der Waals surface area contributed by atoms with Crippen LogP contribution in [0, 0.1) is 5.82 Å². The Morgan fingerprint density at radius 1 is 1.48 bits per heavy atom. The number of halogens is 2. The monoisotopic (exact) mass is 321 g/mol. The molecule has 108 valence electrons. The Balaban J connectivity index is 2.18. The van der Waals surface area contributed by atoms with E-state index < -0.39 is 5.24 Å². The summed E-state index contributed by atoms with van der Waals surface area (Å²) in [6, 6.07) is 6.60. The van der Waals surface area contributed by atoms with E-state index in [1.807, 2.05) is 12.1 Å². The van der Waals surface area contributed by atoms with Gasteiger partial charge in [0.2, 0.25) is 0 Å². The van der Waals surface area contributed by atoms with Crippen molar-refractivity contribution in [3.8, 4) is 10.4 Å². The zero-order valence-electron chi connectivity index (χ0n) is 11.2. The number of rotatable bonds is 3. The van der Waals surface area contributed by atoms with Crippen molar-refractivity contribution in [2.45, 2.75) is 6.42 Å². The molecule has 1 aliphatic rings. The summed E-state index contributed by atoms with van der Waals surface area (Å²) in [4.78, 5) is 15.0. The maximum absolute atomic E-state index is 13.6. The van der Waals surface area contributed by atoms with Gasteiger partial charge in [0, 0.05) is 29.2 Å². The summed E-state index contributed by atoms with van der Waals surface area (Å²) in [6.07, 6.45) is 2.60. The number of hydrogen-bond donors (Lipinski definition) is 0. The zero-order chi connectivity index (χ0) is 15.0. The van der Waals surface area contributed by atoms with Crippen LogP contribution in [0.5, 0.6) is 0 Å². The lowest BCUT2D eigenvalue weighted by Gasteiger charge is -2.23. The lowest BCUT2D eigenvalue weighted by molar-refractivity contribution is 0.108. The van der Waals surface area contributed by atoms with E-state index in [9.17, 15) is 9.18 Å². The third-order valence-corrected chi connectivity index (χ3v) is 5.07. The van der Waals surface area contributed by atoms with E-state index in [0.717, 1.165) is 34.7 Å². The maximum Gasteiger partial charge on any atom is 0.262 e. The molecule has 0 saturated carbocycles. The zero-order valence-corrected chi connectivity index (χ0v) is 12.8. The molecule has 0 spiro atoms. The first kappa shape index (κ1) is 14.3. The highest BCUT2D eigenvalue weighted by atomic mass is 35.5. The standard InChI is InChI=1S/C16H13ClFNOS/c1-2-6-19-7-5-10-8-14(16(17)20)21-15(10)12-4-3-11(18)9-13(12)19/h2-4,8-9H,1,5-7H2.